The highest BCUT2D eigenvalue weighted by molar-refractivity contribution is 5.92. The van der Waals surface area contributed by atoms with Gasteiger partial charge in [-0.3, -0.25) is 14.4 Å². The minimum absolute atomic E-state index is 0.116. The maximum absolute atomic E-state index is 12.9. The number of ether oxygens (including phenoxy) is 2. The number of hydrogen-bond acceptors (Lipinski definition) is 6. The number of hydrogen-bond donors (Lipinski definition) is 1. The van der Waals surface area contributed by atoms with Gasteiger partial charge in [-0.05, 0) is 54.4 Å². The van der Waals surface area contributed by atoms with E-state index < -0.39 is 5.97 Å². The molecule has 0 atom stereocenters. The number of carbonyl (C=O) groups is 2. The van der Waals surface area contributed by atoms with Crippen molar-refractivity contribution in [1.29, 1.82) is 0 Å². The summed E-state index contributed by atoms with van der Waals surface area (Å²) < 4.78 is 16.1. The van der Waals surface area contributed by atoms with E-state index in [-0.39, 0.29) is 17.9 Å². The van der Waals surface area contributed by atoms with Crippen LogP contribution in [0.1, 0.15) is 12.5 Å². The van der Waals surface area contributed by atoms with E-state index in [0.717, 1.165) is 5.56 Å². The highest BCUT2D eigenvalue weighted by Gasteiger charge is 2.11. The fraction of sp³-hybridized carbons (Fsp3) is 0.115. The van der Waals surface area contributed by atoms with Crippen LogP contribution in [0.3, 0.4) is 0 Å². The molecule has 7 nitrogen and oxygen atoms in total. The Bertz CT molecular complexity index is 1390. The van der Waals surface area contributed by atoms with Crippen LogP contribution < -0.4 is 20.2 Å². The molecule has 166 valence electrons. The highest BCUT2D eigenvalue weighted by Crippen LogP contribution is 2.24. The SMILES string of the molecule is CC(=O)Oc1ccc2c(=O)c(-c3ccc(NC(=O)COc4cccc(C)c4)cc3)coc2c1. The molecule has 4 rings (SSSR count). The maximum atomic E-state index is 12.9. The van der Waals surface area contributed by atoms with E-state index in [1.165, 1.54) is 19.3 Å². The van der Waals surface area contributed by atoms with Gasteiger partial charge in [0.25, 0.3) is 5.91 Å². The molecule has 0 aliphatic rings. The number of rotatable bonds is 6. The van der Waals surface area contributed by atoms with Crippen LogP contribution in [0.25, 0.3) is 22.1 Å². The summed E-state index contributed by atoms with van der Waals surface area (Å²) in [6, 6.07) is 18.9. The van der Waals surface area contributed by atoms with Crippen LogP contribution >= 0.6 is 0 Å². The fourth-order valence-corrected chi connectivity index (χ4v) is 3.32. The largest absolute Gasteiger partial charge is 0.484 e. The molecule has 0 fully saturated rings. The summed E-state index contributed by atoms with van der Waals surface area (Å²) in [5.74, 6) is 0.182. The summed E-state index contributed by atoms with van der Waals surface area (Å²) in [6.07, 6.45) is 1.37. The molecule has 0 saturated carbocycles. The Hall–Kier alpha value is -4.39. The van der Waals surface area contributed by atoms with Gasteiger partial charge in [0.05, 0.1) is 10.9 Å². The number of aryl methyl sites for hydroxylation is 1. The molecule has 0 aliphatic carbocycles. The zero-order valence-electron chi connectivity index (χ0n) is 18.1. The van der Waals surface area contributed by atoms with E-state index in [2.05, 4.69) is 5.32 Å². The Morgan fingerprint density at radius 3 is 2.48 bits per heavy atom. The van der Waals surface area contributed by atoms with Gasteiger partial charge in [-0.25, -0.2) is 0 Å². The molecule has 1 amide bonds. The van der Waals surface area contributed by atoms with E-state index in [9.17, 15) is 14.4 Å². The van der Waals surface area contributed by atoms with Crippen LogP contribution in [-0.4, -0.2) is 18.5 Å². The standard InChI is InChI=1S/C26H21NO6/c1-16-4-3-5-20(12-16)31-15-25(29)27-19-8-6-18(7-9-19)23-14-32-24-13-21(33-17(2)28)10-11-22(24)26(23)30/h3-14H,15H2,1-2H3,(H,27,29). The molecule has 33 heavy (non-hydrogen) atoms. The number of carbonyl (C=O) groups excluding carboxylic acids is 2. The number of fused-ring (bicyclic) bond motifs is 1. The van der Waals surface area contributed by atoms with E-state index in [1.807, 2.05) is 25.1 Å². The molecule has 4 aromatic rings. The van der Waals surface area contributed by atoms with Crippen molar-refractivity contribution >= 4 is 28.5 Å². The Kier molecular flexibility index (Phi) is 6.22. The van der Waals surface area contributed by atoms with Gasteiger partial charge in [0.2, 0.25) is 0 Å². The second-order valence-electron chi connectivity index (χ2n) is 7.46. The molecule has 1 N–H and O–H groups in total. The lowest BCUT2D eigenvalue weighted by molar-refractivity contribution is -0.131. The number of benzene rings is 3. The molecule has 1 aromatic heterocycles. The third kappa shape index (κ3) is 5.27. The summed E-state index contributed by atoms with van der Waals surface area (Å²) in [7, 11) is 0. The van der Waals surface area contributed by atoms with Gasteiger partial charge < -0.3 is 19.2 Å². The molecule has 0 spiro atoms. The van der Waals surface area contributed by atoms with Crippen molar-refractivity contribution in [2.24, 2.45) is 0 Å². The van der Waals surface area contributed by atoms with Gasteiger partial charge in [0, 0.05) is 18.7 Å². The van der Waals surface area contributed by atoms with Crippen molar-refractivity contribution in [3.05, 3.63) is 88.8 Å². The van der Waals surface area contributed by atoms with Crippen LogP contribution in [0.2, 0.25) is 0 Å². The van der Waals surface area contributed by atoms with Gasteiger partial charge in [0.1, 0.15) is 23.3 Å². The van der Waals surface area contributed by atoms with Crippen molar-refractivity contribution in [3.63, 3.8) is 0 Å². The lowest BCUT2D eigenvalue weighted by atomic mass is 10.1. The Morgan fingerprint density at radius 2 is 1.76 bits per heavy atom. The quantitative estimate of drug-likeness (QED) is 0.343. The molecule has 0 saturated heterocycles. The maximum Gasteiger partial charge on any atom is 0.308 e. The first kappa shape index (κ1) is 21.8. The average molecular weight is 443 g/mol. The molecule has 0 bridgehead atoms. The van der Waals surface area contributed by atoms with Crippen molar-refractivity contribution in [1.82, 2.24) is 0 Å². The first-order valence-electron chi connectivity index (χ1n) is 10.2. The average Bonchev–Trinajstić information content (AvgIpc) is 2.78. The van der Waals surface area contributed by atoms with E-state index >= 15 is 0 Å². The molecular weight excluding hydrogens is 422 g/mol. The summed E-state index contributed by atoms with van der Waals surface area (Å²) in [6.45, 7) is 3.13. The van der Waals surface area contributed by atoms with Gasteiger partial charge in [-0.2, -0.15) is 0 Å². The molecule has 0 aliphatic heterocycles. The summed E-state index contributed by atoms with van der Waals surface area (Å²) in [5, 5.41) is 3.13. The van der Waals surface area contributed by atoms with Crippen LogP contribution in [0, 0.1) is 6.92 Å². The van der Waals surface area contributed by atoms with Gasteiger partial charge in [0.15, 0.2) is 12.0 Å². The Labute approximate surface area is 189 Å². The fourth-order valence-electron chi connectivity index (χ4n) is 3.32. The first-order chi connectivity index (χ1) is 15.9. The predicted molar refractivity (Wildman–Crippen MR) is 125 cm³/mol. The normalized spacial score (nSPS) is 10.6. The first-order valence-corrected chi connectivity index (χ1v) is 10.2. The number of anilines is 1. The monoisotopic (exact) mass is 443 g/mol. The zero-order valence-corrected chi connectivity index (χ0v) is 18.1. The van der Waals surface area contributed by atoms with Crippen LogP contribution in [0.4, 0.5) is 5.69 Å². The Morgan fingerprint density at radius 1 is 0.970 bits per heavy atom. The molecule has 7 heteroatoms. The van der Waals surface area contributed by atoms with Gasteiger partial charge >= 0.3 is 5.97 Å². The van der Waals surface area contributed by atoms with Crippen molar-refractivity contribution in [3.8, 4) is 22.6 Å². The van der Waals surface area contributed by atoms with Crippen LogP contribution in [-0.2, 0) is 9.59 Å². The van der Waals surface area contributed by atoms with E-state index in [1.54, 1.807) is 42.5 Å². The number of amides is 1. The summed E-state index contributed by atoms with van der Waals surface area (Å²) >= 11 is 0. The minimum atomic E-state index is -0.456. The zero-order chi connectivity index (χ0) is 23.4. The summed E-state index contributed by atoms with van der Waals surface area (Å²) in [4.78, 5) is 36.2. The highest BCUT2D eigenvalue weighted by atomic mass is 16.5. The van der Waals surface area contributed by atoms with Gasteiger partial charge in [-0.1, -0.05) is 24.3 Å². The second-order valence-corrected chi connectivity index (χ2v) is 7.46. The lowest BCUT2D eigenvalue weighted by Gasteiger charge is -2.09. The second kappa shape index (κ2) is 9.40. The molecule has 0 radical (unpaired) electrons. The van der Waals surface area contributed by atoms with Crippen molar-refractivity contribution in [2.75, 3.05) is 11.9 Å². The summed E-state index contributed by atoms with van der Waals surface area (Å²) in [5.41, 5.74) is 2.75. The molecular formula is C26H21NO6. The molecule has 0 unspecified atom stereocenters. The number of esters is 1. The molecule has 3 aromatic carbocycles. The van der Waals surface area contributed by atoms with Crippen LogP contribution in [0.5, 0.6) is 11.5 Å². The van der Waals surface area contributed by atoms with Gasteiger partial charge in [-0.15, -0.1) is 0 Å². The minimum Gasteiger partial charge on any atom is -0.484 e. The van der Waals surface area contributed by atoms with Crippen LogP contribution in [0.15, 0.2) is 82.2 Å². The van der Waals surface area contributed by atoms with Crippen molar-refractivity contribution in [2.45, 2.75) is 13.8 Å². The topological polar surface area (TPSA) is 94.8 Å². The van der Waals surface area contributed by atoms with E-state index in [0.29, 0.717) is 39.3 Å². The smallest absolute Gasteiger partial charge is 0.308 e. The van der Waals surface area contributed by atoms with E-state index in [4.69, 9.17) is 13.9 Å². The molecule has 1 heterocycles. The third-order valence-electron chi connectivity index (χ3n) is 4.85. The predicted octanol–water partition coefficient (Wildman–Crippen LogP) is 4.71. The Balaban J connectivity index is 1.46. The number of nitrogens with one attached hydrogen (secondary N) is 1. The third-order valence-corrected chi connectivity index (χ3v) is 4.85. The lowest BCUT2D eigenvalue weighted by Crippen LogP contribution is -2.20. The van der Waals surface area contributed by atoms with Crippen molar-refractivity contribution < 1.29 is 23.5 Å².